The lowest BCUT2D eigenvalue weighted by Crippen LogP contribution is -2.33. The van der Waals surface area contributed by atoms with Gasteiger partial charge >= 0.3 is 0 Å². The number of benzene rings is 3. The van der Waals surface area contributed by atoms with Crippen molar-refractivity contribution < 1.29 is 14.7 Å². The molecule has 3 N–H and O–H groups in total. The van der Waals surface area contributed by atoms with Gasteiger partial charge in [0.2, 0.25) is 0 Å². The van der Waals surface area contributed by atoms with E-state index in [2.05, 4.69) is 15.6 Å². The molecule has 180 valence electrons. The number of carbonyl (C=O) groups excluding carboxylic acids is 2. The van der Waals surface area contributed by atoms with Crippen LogP contribution in [0.2, 0.25) is 10.0 Å². The van der Waals surface area contributed by atoms with Gasteiger partial charge in [0.25, 0.3) is 11.8 Å². The molecule has 5 rings (SSSR count). The van der Waals surface area contributed by atoms with Crippen LogP contribution in [0.3, 0.4) is 0 Å². The van der Waals surface area contributed by atoms with Crippen LogP contribution in [-0.2, 0) is 6.42 Å². The number of amides is 2. The maximum Gasteiger partial charge on any atom is 0.257 e. The van der Waals surface area contributed by atoms with Crippen LogP contribution in [0.4, 0.5) is 5.69 Å². The highest BCUT2D eigenvalue weighted by molar-refractivity contribution is 6.35. The van der Waals surface area contributed by atoms with Crippen LogP contribution >= 0.6 is 23.2 Å². The van der Waals surface area contributed by atoms with Crippen molar-refractivity contribution in [3.63, 3.8) is 0 Å². The molecule has 0 spiro atoms. The molecule has 0 fully saturated rings. The van der Waals surface area contributed by atoms with Crippen LogP contribution < -0.4 is 10.6 Å². The molecule has 2 atom stereocenters. The lowest BCUT2D eigenvalue weighted by atomic mass is 10.1. The summed E-state index contributed by atoms with van der Waals surface area (Å²) in [5.41, 5.74) is 4.30. The quantitative estimate of drug-likeness (QED) is 0.316. The predicted molar refractivity (Wildman–Crippen MR) is 140 cm³/mol. The Morgan fingerprint density at radius 3 is 2.47 bits per heavy atom. The van der Waals surface area contributed by atoms with Gasteiger partial charge in [-0.2, -0.15) is 0 Å². The molecule has 0 radical (unpaired) electrons. The van der Waals surface area contributed by atoms with Crippen LogP contribution in [0.15, 0.2) is 85.1 Å². The summed E-state index contributed by atoms with van der Waals surface area (Å²) < 4.78 is 0. The Morgan fingerprint density at radius 1 is 0.889 bits per heavy atom. The maximum absolute atomic E-state index is 12.9. The van der Waals surface area contributed by atoms with Gasteiger partial charge in [0.1, 0.15) is 0 Å². The summed E-state index contributed by atoms with van der Waals surface area (Å²) in [6, 6.07) is 22.2. The first-order valence-electron chi connectivity index (χ1n) is 11.3. The molecule has 3 aromatic carbocycles. The predicted octanol–water partition coefficient (Wildman–Crippen LogP) is 5.70. The van der Waals surface area contributed by atoms with Crippen LogP contribution in [0.1, 0.15) is 37.9 Å². The van der Waals surface area contributed by atoms with Crippen molar-refractivity contribution in [2.75, 3.05) is 5.32 Å². The van der Waals surface area contributed by atoms with E-state index in [0.717, 1.165) is 11.1 Å². The summed E-state index contributed by atoms with van der Waals surface area (Å²) >= 11 is 12.7. The van der Waals surface area contributed by atoms with E-state index in [4.69, 9.17) is 23.2 Å². The molecule has 1 aromatic heterocycles. The number of hydrogen-bond acceptors (Lipinski definition) is 4. The number of anilines is 1. The number of carbonyl (C=O) groups is 2. The van der Waals surface area contributed by atoms with Gasteiger partial charge in [-0.3, -0.25) is 14.6 Å². The molecule has 6 nitrogen and oxygen atoms in total. The highest BCUT2D eigenvalue weighted by Gasteiger charge is 2.32. The minimum atomic E-state index is -0.706. The van der Waals surface area contributed by atoms with Gasteiger partial charge < -0.3 is 15.7 Å². The first kappa shape index (κ1) is 24.0. The second-order valence-electron chi connectivity index (χ2n) is 8.48. The van der Waals surface area contributed by atoms with Gasteiger partial charge in [-0.1, -0.05) is 53.5 Å². The van der Waals surface area contributed by atoms with Crippen LogP contribution in [-0.4, -0.2) is 28.0 Å². The van der Waals surface area contributed by atoms with E-state index >= 15 is 0 Å². The fourth-order valence-corrected chi connectivity index (χ4v) is 4.81. The normalized spacial score (nSPS) is 16.3. The molecule has 0 saturated heterocycles. The number of aliphatic hydroxyl groups is 1. The minimum Gasteiger partial charge on any atom is -0.390 e. The summed E-state index contributed by atoms with van der Waals surface area (Å²) in [5.74, 6) is -0.816. The molecule has 4 aromatic rings. The van der Waals surface area contributed by atoms with E-state index in [1.54, 1.807) is 24.4 Å². The number of rotatable bonds is 5. The molecule has 0 unspecified atom stereocenters. The third-order valence-corrected chi connectivity index (χ3v) is 6.77. The number of aliphatic hydroxyl groups excluding tert-OH is 1. The zero-order valence-corrected chi connectivity index (χ0v) is 20.4. The SMILES string of the molecule is O=C(N[C@H]1c2ccccc2C[C@H]1O)c1ccc(C(=O)Nc2ccc(Cl)c(-c3ccccn3)c2)c(Cl)c1. The van der Waals surface area contributed by atoms with E-state index in [9.17, 15) is 14.7 Å². The smallest absolute Gasteiger partial charge is 0.257 e. The first-order valence-corrected chi connectivity index (χ1v) is 12.0. The van der Waals surface area contributed by atoms with Gasteiger partial charge in [-0.15, -0.1) is 0 Å². The van der Waals surface area contributed by atoms with Crippen molar-refractivity contribution in [2.45, 2.75) is 18.6 Å². The van der Waals surface area contributed by atoms with E-state index in [1.165, 1.54) is 18.2 Å². The zero-order chi connectivity index (χ0) is 25.2. The molecule has 2 amide bonds. The summed E-state index contributed by atoms with van der Waals surface area (Å²) in [6.45, 7) is 0. The Kier molecular flexibility index (Phi) is 6.74. The number of nitrogens with one attached hydrogen (secondary N) is 2. The first-order chi connectivity index (χ1) is 17.4. The topological polar surface area (TPSA) is 91.3 Å². The zero-order valence-electron chi connectivity index (χ0n) is 18.9. The largest absolute Gasteiger partial charge is 0.390 e. The summed E-state index contributed by atoms with van der Waals surface area (Å²) in [5, 5.41) is 16.8. The number of fused-ring (bicyclic) bond motifs is 1. The lowest BCUT2D eigenvalue weighted by molar-refractivity contribution is 0.0857. The van der Waals surface area contributed by atoms with Crippen LogP contribution in [0, 0.1) is 0 Å². The highest BCUT2D eigenvalue weighted by atomic mass is 35.5. The van der Waals surface area contributed by atoms with Gasteiger partial charge in [0.05, 0.1) is 33.4 Å². The molecule has 1 aliphatic rings. The number of nitrogens with zero attached hydrogens (tertiary/aromatic N) is 1. The molecular formula is C28H21Cl2N3O3. The fraction of sp³-hybridized carbons (Fsp3) is 0.107. The number of hydrogen-bond donors (Lipinski definition) is 3. The summed E-state index contributed by atoms with van der Waals surface area (Å²) in [6.07, 6.45) is 1.44. The Hall–Kier alpha value is -3.71. The molecule has 8 heteroatoms. The molecule has 1 aliphatic carbocycles. The average Bonchev–Trinajstić information content (AvgIpc) is 3.20. The summed E-state index contributed by atoms with van der Waals surface area (Å²) in [4.78, 5) is 30.1. The van der Waals surface area contributed by atoms with Crippen molar-refractivity contribution in [3.05, 3.63) is 117 Å². The molecule has 0 aliphatic heterocycles. The number of halogens is 2. The van der Waals surface area contributed by atoms with Gasteiger partial charge in [-0.25, -0.2) is 0 Å². The Balaban J connectivity index is 1.31. The monoisotopic (exact) mass is 517 g/mol. The number of aromatic nitrogens is 1. The minimum absolute atomic E-state index is 0.131. The van der Waals surface area contributed by atoms with Gasteiger partial charge in [0, 0.05) is 29.4 Å². The van der Waals surface area contributed by atoms with E-state index in [-0.39, 0.29) is 22.1 Å². The molecule has 36 heavy (non-hydrogen) atoms. The lowest BCUT2D eigenvalue weighted by Gasteiger charge is -2.18. The van der Waals surface area contributed by atoms with Gasteiger partial charge in [-0.05, 0) is 59.7 Å². The fourth-order valence-electron chi connectivity index (χ4n) is 4.33. The molecule has 0 bridgehead atoms. The molecule has 0 saturated carbocycles. The maximum atomic E-state index is 12.9. The van der Waals surface area contributed by atoms with E-state index in [1.807, 2.05) is 42.5 Å². The highest BCUT2D eigenvalue weighted by Crippen LogP contribution is 2.32. The van der Waals surface area contributed by atoms with Crippen LogP contribution in [0.5, 0.6) is 0 Å². The Bertz CT molecular complexity index is 1460. The molecular weight excluding hydrogens is 497 g/mol. The summed E-state index contributed by atoms with van der Waals surface area (Å²) in [7, 11) is 0. The van der Waals surface area contributed by atoms with Crippen molar-refractivity contribution >= 4 is 40.7 Å². The third kappa shape index (κ3) is 4.84. The number of pyridine rings is 1. The van der Waals surface area contributed by atoms with Crippen molar-refractivity contribution in [2.24, 2.45) is 0 Å². The second kappa shape index (κ2) is 10.1. The Morgan fingerprint density at radius 2 is 1.69 bits per heavy atom. The average molecular weight is 518 g/mol. The van der Waals surface area contributed by atoms with E-state index < -0.39 is 18.1 Å². The second-order valence-corrected chi connectivity index (χ2v) is 9.29. The standard InChI is InChI=1S/C28H21Cl2N3O3/c29-22-11-9-18(15-21(22)24-7-3-4-12-31-24)32-28(36)20-10-8-17(13-23(20)30)27(35)33-26-19-6-2-1-5-16(19)14-25(26)34/h1-13,15,25-26,34H,14H2,(H,32,36)(H,33,35)/t25-,26+/m1/s1. The van der Waals surface area contributed by atoms with Crippen molar-refractivity contribution in [1.29, 1.82) is 0 Å². The van der Waals surface area contributed by atoms with E-state index in [0.29, 0.717) is 28.4 Å². The van der Waals surface area contributed by atoms with Gasteiger partial charge in [0.15, 0.2) is 0 Å². The molecule has 1 heterocycles. The van der Waals surface area contributed by atoms with Crippen molar-refractivity contribution in [1.82, 2.24) is 10.3 Å². The van der Waals surface area contributed by atoms with Crippen molar-refractivity contribution in [3.8, 4) is 11.3 Å². The van der Waals surface area contributed by atoms with Crippen LogP contribution in [0.25, 0.3) is 11.3 Å². The Labute approximate surface area is 217 Å². The third-order valence-electron chi connectivity index (χ3n) is 6.13.